The minimum Gasteiger partial charge on any atom is -0.377 e. The summed E-state index contributed by atoms with van der Waals surface area (Å²) in [4.78, 5) is 0. The van der Waals surface area contributed by atoms with E-state index in [9.17, 15) is 0 Å². The molecular formula is C11H12BrClN4. The third kappa shape index (κ3) is 2.61. The van der Waals surface area contributed by atoms with Crippen LogP contribution < -0.4 is 5.32 Å². The lowest BCUT2D eigenvalue weighted by Gasteiger charge is -2.09. The zero-order valence-corrected chi connectivity index (χ0v) is 11.9. The summed E-state index contributed by atoms with van der Waals surface area (Å²) in [7, 11) is 1.94. The highest BCUT2D eigenvalue weighted by atomic mass is 79.9. The van der Waals surface area contributed by atoms with Crippen LogP contribution in [0.2, 0.25) is 5.02 Å². The molecule has 0 radical (unpaired) electrons. The number of anilines is 1. The molecule has 1 N–H and O–H groups in total. The van der Waals surface area contributed by atoms with Crippen LogP contribution in [-0.4, -0.2) is 14.8 Å². The van der Waals surface area contributed by atoms with Gasteiger partial charge in [0.1, 0.15) is 5.82 Å². The van der Waals surface area contributed by atoms with Gasteiger partial charge in [-0.15, -0.1) is 10.2 Å². The standard InChI is InChI=1S/C11H12BrClN4/c1-7-15-16-10(17(7)2)6-14-9-5-3-4-8(13)11(9)12/h3-5,14H,6H2,1-2H3. The molecule has 4 nitrogen and oxygen atoms in total. The minimum atomic E-state index is 0.607. The molecule has 1 aromatic carbocycles. The first kappa shape index (κ1) is 12.4. The Morgan fingerprint density at radius 2 is 2.18 bits per heavy atom. The zero-order chi connectivity index (χ0) is 12.4. The van der Waals surface area contributed by atoms with Crippen molar-refractivity contribution in [3.63, 3.8) is 0 Å². The van der Waals surface area contributed by atoms with E-state index in [0.29, 0.717) is 11.6 Å². The van der Waals surface area contributed by atoms with Gasteiger partial charge in [-0.25, -0.2) is 0 Å². The number of nitrogens with one attached hydrogen (secondary N) is 1. The van der Waals surface area contributed by atoms with Crippen LogP contribution in [0.25, 0.3) is 0 Å². The van der Waals surface area contributed by atoms with Crippen molar-refractivity contribution in [1.82, 2.24) is 14.8 Å². The van der Waals surface area contributed by atoms with Crippen molar-refractivity contribution in [3.8, 4) is 0 Å². The van der Waals surface area contributed by atoms with Crippen LogP contribution >= 0.6 is 27.5 Å². The summed E-state index contributed by atoms with van der Waals surface area (Å²) in [6.45, 7) is 2.53. The Hall–Kier alpha value is -1.07. The van der Waals surface area contributed by atoms with Crippen LogP contribution in [-0.2, 0) is 13.6 Å². The molecule has 6 heteroatoms. The summed E-state index contributed by atoms with van der Waals surface area (Å²) in [5, 5.41) is 12.0. The monoisotopic (exact) mass is 314 g/mol. The maximum atomic E-state index is 6.01. The topological polar surface area (TPSA) is 42.7 Å². The quantitative estimate of drug-likeness (QED) is 0.946. The Morgan fingerprint density at radius 1 is 1.41 bits per heavy atom. The minimum absolute atomic E-state index is 0.607. The van der Waals surface area contributed by atoms with Crippen molar-refractivity contribution >= 4 is 33.2 Å². The Labute approximate surface area is 113 Å². The second-order valence-electron chi connectivity index (χ2n) is 3.68. The molecule has 0 saturated heterocycles. The molecule has 2 aromatic rings. The number of rotatable bonds is 3. The van der Waals surface area contributed by atoms with Gasteiger partial charge in [0, 0.05) is 7.05 Å². The van der Waals surface area contributed by atoms with Gasteiger partial charge >= 0.3 is 0 Å². The van der Waals surface area contributed by atoms with E-state index in [1.54, 1.807) is 0 Å². The largest absolute Gasteiger partial charge is 0.377 e. The fourth-order valence-electron chi connectivity index (χ4n) is 1.42. The Kier molecular flexibility index (Phi) is 3.69. The smallest absolute Gasteiger partial charge is 0.152 e. The van der Waals surface area contributed by atoms with Crippen molar-refractivity contribution in [2.24, 2.45) is 7.05 Å². The molecule has 0 amide bonds. The second kappa shape index (κ2) is 5.06. The van der Waals surface area contributed by atoms with Gasteiger partial charge in [-0.3, -0.25) is 0 Å². The summed E-state index contributed by atoms with van der Waals surface area (Å²) < 4.78 is 2.81. The molecule has 0 atom stereocenters. The molecule has 0 fully saturated rings. The third-order valence-electron chi connectivity index (χ3n) is 2.57. The Balaban J connectivity index is 2.13. The average molecular weight is 316 g/mol. The summed E-state index contributed by atoms with van der Waals surface area (Å²) in [6.07, 6.45) is 0. The van der Waals surface area contributed by atoms with Gasteiger partial charge in [0.2, 0.25) is 0 Å². The fourth-order valence-corrected chi connectivity index (χ4v) is 2.00. The van der Waals surface area contributed by atoms with Crippen LogP contribution in [0.4, 0.5) is 5.69 Å². The van der Waals surface area contributed by atoms with Crippen molar-refractivity contribution in [2.45, 2.75) is 13.5 Å². The van der Waals surface area contributed by atoms with E-state index in [0.717, 1.165) is 21.8 Å². The van der Waals surface area contributed by atoms with Crippen LogP contribution in [0.5, 0.6) is 0 Å². The third-order valence-corrected chi connectivity index (χ3v) is 3.97. The first-order valence-electron chi connectivity index (χ1n) is 5.12. The highest BCUT2D eigenvalue weighted by Crippen LogP contribution is 2.30. The van der Waals surface area contributed by atoms with E-state index in [2.05, 4.69) is 31.4 Å². The molecule has 0 aliphatic carbocycles. The van der Waals surface area contributed by atoms with Gasteiger partial charge in [0.25, 0.3) is 0 Å². The highest BCUT2D eigenvalue weighted by molar-refractivity contribution is 9.10. The summed E-state index contributed by atoms with van der Waals surface area (Å²) in [5.41, 5.74) is 0.943. The number of aromatic nitrogens is 3. The van der Waals surface area contributed by atoms with Gasteiger partial charge in [-0.2, -0.15) is 0 Å². The molecule has 0 spiro atoms. The van der Waals surface area contributed by atoms with Gasteiger partial charge in [-0.1, -0.05) is 17.7 Å². The van der Waals surface area contributed by atoms with Gasteiger partial charge in [0.15, 0.2) is 5.82 Å². The van der Waals surface area contributed by atoms with E-state index < -0.39 is 0 Å². The van der Waals surface area contributed by atoms with Gasteiger partial charge in [-0.05, 0) is 35.0 Å². The molecule has 1 heterocycles. The lowest BCUT2D eigenvalue weighted by atomic mass is 10.3. The Morgan fingerprint density at radius 3 is 2.82 bits per heavy atom. The van der Waals surface area contributed by atoms with Crippen LogP contribution in [0.3, 0.4) is 0 Å². The van der Waals surface area contributed by atoms with Crippen molar-refractivity contribution in [3.05, 3.63) is 39.3 Å². The average Bonchev–Trinajstić information content (AvgIpc) is 2.62. The van der Waals surface area contributed by atoms with E-state index >= 15 is 0 Å². The molecule has 0 aliphatic rings. The van der Waals surface area contributed by atoms with E-state index in [1.807, 2.05) is 36.7 Å². The van der Waals surface area contributed by atoms with Crippen molar-refractivity contribution in [2.75, 3.05) is 5.32 Å². The molecule has 0 bridgehead atoms. The molecule has 0 saturated carbocycles. The maximum Gasteiger partial charge on any atom is 0.152 e. The van der Waals surface area contributed by atoms with E-state index in [1.165, 1.54) is 0 Å². The molecule has 0 unspecified atom stereocenters. The number of hydrogen-bond donors (Lipinski definition) is 1. The van der Waals surface area contributed by atoms with Crippen molar-refractivity contribution < 1.29 is 0 Å². The lowest BCUT2D eigenvalue weighted by Crippen LogP contribution is -2.07. The number of nitrogens with zero attached hydrogens (tertiary/aromatic N) is 3. The molecule has 2 rings (SSSR count). The first-order valence-corrected chi connectivity index (χ1v) is 6.29. The maximum absolute atomic E-state index is 6.01. The number of aryl methyl sites for hydroxylation is 1. The predicted molar refractivity (Wildman–Crippen MR) is 72.2 cm³/mol. The van der Waals surface area contributed by atoms with E-state index in [-0.39, 0.29) is 0 Å². The lowest BCUT2D eigenvalue weighted by molar-refractivity contribution is 0.789. The first-order chi connectivity index (χ1) is 8.09. The molecular weight excluding hydrogens is 304 g/mol. The highest BCUT2D eigenvalue weighted by Gasteiger charge is 2.07. The molecule has 90 valence electrons. The second-order valence-corrected chi connectivity index (χ2v) is 4.88. The normalized spacial score (nSPS) is 10.6. The molecule has 0 aliphatic heterocycles. The predicted octanol–water partition coefficient (Wildman–Crippen LogP) is 3.15. The number of halogens is 2. The summed E-state index contributed by atoms with van der Waals surface area (Å²) in [5.74, 6) is 1.78. The van der Waals surface area contributed by atoms with Gasteiger partial charge < -0.3 is 9.88 Å². The zero-order valence-electron chi connectivity index (χ0n) is 9.54. The van der Waals surface area contributed by atoms with Crippen molar-refractivity contribution in [1.29, 1.82) is 0 Å². The fraction of sp³-hybridized carbons (Fsp3) is 0.273. The van der Waals surface area contributed by atoms with E-state index in [4.69, 9.17) is 11.6 Å². The number of hydrogen-bond acceptors (Lipinski definition) is 3. The van der Waals surface area contributed by atoms with Crippen LogP contribution in [0.15, 0.2) is 22.7 Å². The SMILES string of the molecule is Cc1nnc(CNc2cccc(Cl)c2Br)n1C. The van der Waals surface area contributed by atoms with Crippen LogP contribution in [0, 0.1) is 6.92 Å². The van der Waals surface area contributed by atoms with Crippen LogP contribution in [0.1, 0.15) is 11.6 Å². The summed E-state index contributed by atoms with van der Waals surface area (Å²) >= 11 is 9.45. The molecule has 1 aromatic heterocycles. The Bertz CT molecular complexity index is 538. The molecule has 17 heavy (non-hydrogen) atoms. The van der Waals surface area contributed by atoms with Gasteiger partial charge in [0.05, 0.1) is 21.7 Å². The summed E-state index contributed by atoms with van der Waals surface area (Å²) in [6, 6.07) is 5.69. The number of benzene rings is 1.